The van der Waals surface area contributed by atoms with Crippen molar-refractivity contribution in [3.05, 3.63) is 71.6 Å². The number of benzene rings is 1. The molecule has 0 saturated carbocycles. The maximum atomic E-state index is 14.4. The van der Waals surface area contributed by atoms with Crippen LogP contribution in [0.3, 0.4) is 0 Å². The molecule has 0 unspecified atom stereocenters. The number of pyridine rings is 1. The second-order valence-electron chi connectivity index (χ2n) is 7.76. The smallest absolute Gasteiger partial charge is 0.250 e. The third kappa shape index (κ3) is 4.19. The maximum Gasteiger partial charge on any atom is 0.250 e. The second-order valence-corrected chi connectivity index (χ2v) is 7.76. The van der Waals surface area contributed by atoms with Crippen molar-refractivity contribution in [2.75, 3.05) is 27.4 Å². The summed E-state index contributed by atoms with van der Waals surface area (Å²) in [6.45, 7) is 1.83. The highest BCUT2D eigenvalue weighted by molar-refractivity contribution is 5.66. The molecule has 9 heteroatoms. The molecule has 0 spiro atoms. The van der Waals surface area contributed by atoms with Gasteiger partial charge in [0, 0.05) is 29.8 Å². The van der Waals surface area contributed by atoms with Crippen LogP contribution in [0.15, 0.2) is 48.9 Å². The van der Waals surface area contributed by atoms with Crippen molar-refractivity contribution in [3.8, 4) is 28.6 Å². The minimum atomic E-state index is -0.537. The van der Waals surface area contributed by atoms with E-state index in [1.165, 1.54) is 13.2 Å². The van der Waals surface area contributed by atoms with Crippen LogP contribution in [0.1, 0.15) is 16.8 Å². The van der Waals surface area contributed by atoms with Gasteiger partial charge in [-0.3, -0.25) is 4.68 Å². The summed E-state index contributed by atoms with van der Waals surface area (Å²) < 4.78 is 33.9. The number of hydrogen-bond acceptors (Lipinski definition) is 6. The predicted octanol–water partition coefficient (Wildman–Crippen LogP) is 3.45. The van der Waals surface area contributed by atoms with Gasteiger partial charge in [-0.25, -0.2) is 14.1 Å². The summed E-state index contributed by atoms with van der Waals surface area (Å²) in [5.74, 6) is 0.231. The molecule has 0 N–H and O–H groups in total. The molecule has 0 radical (unpaired) electrons. The molecule has 5 rings (SSSR count). The molecule has 4 heterocycles. The fraction of sp³-hybridized carbons (Fsp3) is 0.292. The van der Waals surface area contributed by atoms with Crippen LogP contribution in [-0.4, -0.2) is 52.0 Å². The number of rotatable bonds is 6. The van der Waals surface area contributed by atoms with Crippen LogP contribution in [0.5, 0.6) is 11.6 Å². The van der Waals surface area contributed by atoms with Gasteiger partial charge in [-0.1, -0.05) is 12.1 Å². The van der Waals surface area contributed by atoms with Crippen molar-refractivity contribution >= 4 is 0 Å². The van der Waals surface area contributed by atoms with Crippen LogP contribution in [0, 0.1) is 5.82 Å². The standard InChI is InChI=1S/C24H24FN5O3/c1-31-19-5-3-16(4-6-19)14-29-15-17(12-27-29)23-20-7-9-33-10-8-22(20)28-30(23)18-11-21(25)24(32-2)26-13-18/h3-6,11-13,15H,7-10,14H2,1-2H3. The summed E-state index contributed by atoms with van der Waals surface area (Å²) in [5.41, 5.74) is 5.44. The molecule has 4 aromatic rings. The fourth-order valence-electron chi connectivity index (χ4n) is 4.06. The molecule has 0 bridgehead atoms. The van der Waals surface area contributed by atoms with Crippen LogP contribution in [0.2, 0.25) is 0 Å². The largest absolute Gasteiger partial charge is 0.497 e. The lowest BCUT2D eigenvalue weighted by Crippen LogP contribution is -2.05. The average molecular weight is 449 g/mol. The maximum absolute atomic E-state index is 14.4. The van der Waals surface area contributed by atoms with Gasteiger partial charge >= 0.3 is 0 Å². The Bertz CT molecular complexity index is 1270. The van der Waals surface area contributed by atoms with Crippen LogP contribution >= 0.6 is 0 Å². The molecule has 0 fully saturated rings. The first kappa shape index (κ1) is 21.1. The van der Waals surface area contributed by atoms with E-state index in [-0.39, 0.29) is 5.88 Å². The zero-order valence-corrected chi connectivity index (χ0v) is 18.5. The molecule has 33 heavy (non-hydrogen) atoms. The van der Waals surface area contributed by atoms with Crippen molar-refractivity contribution in [1.29, 1.82) is 0 Å². The Labute approximate surface area is 190 Å². The Morgan fingerprint density at radius 3 is 2.64 bits per heavy atom. The van der Waals surface area contributed by atoms with Gasteiger partial charge in [0.1, 0.15) is 5.75 Å². The van der Waals surface area contributed by atoms with Gasteiger partial charge in [0.15, 0.2) is 5.82 Å². The summed E-state index contributed by atoms with van der Waals surface area (Å²) in [6.07, 6.45) is 6.78. The van der Waals surface area contributed by atoms with Gasteiger partial charge < -0.3 is 14.2 Å². The number of aromatic nitrogens is 5. The van der Waals surface area contributed by atoms with E-state index in [2.05, 4.69) is 10.1 Å². The highest BCUT2D eigenvalue weighted by Gasteiger charge is 2.24. The van der Waals surface area contributed by atoms with E-state index in [4.69, 9.17) is 19.3 Å². The zero-order valence-electron chi connectivity index (χ0n) is 18.5. The third-order valence-corrected chi connectivity index (χ3v) is 5.69. The lowest BCUT2D eigenvalue weighted by atomic mass is 10.0. The van der Waals surface area contributed by atoms with Crippen molar-refractivity contribution < 1.29 is 18.6 Å². The summed E-state index contributed by atoms with van der Waals surface area (Å²) in [5, 5.41) is 9.37. The third-order valence-electron chi connectivity index (χ3n) is 5.69. The minimum Gasteiger partial charge on any atom is -0.497 e. The number of nitrogens with zero attached hydrogens (tertiary/aromatic N) is 5. The Hall–Kier alpha value is -3.72. The molecule has 0 amide bonds. The molecule has 1 aliphatic heterocycles. The first-order chi connectivity index (χ1) is 16.2. The fourth-order valence-corrected chi connectivity index (χ4v) is 4.06. The van der Waals surface area contributed by atoms with Gasteiger partial charge in [-0.2, -0.15) is 10.2 Å². The predicted molar refractivity (Wildman–Crippen MR) is 119 cm³/mol. The van der Waals surface area contributed by atoms with E-state index >= 15 is 0 Å². The van der Waals surface area contributed by atoms with E-state index < -0.39 is 5.82 Å². The number of fused-ring (bicyclic) bond motifs is 1. The molecular weight excluding hydrogens is 425 g/mol. The van der Waals surface area contributed by atoms with E-state index in [1.54, 1.807) is 18.0 Å². The van der Waals surface area contributed by atoms with E-state index in [0.717, 1.165) is 40.2 Å². The average Bonchev–Trinajstić information content (AvgIpc) is 3.36. The van der Waals surface area contributed by atoms with E-state index in [9.17, 15) is 4.39 Å². The SMILES string of the molecule is COc1ccc(Cn2cc(-c3c4c(nn3-c3cnc(OC)c(F)c3)CCOCC4)cn2)cc1. The van der Waals surface area contributed by atoms with Crippen LogP contribution in [0.4, 0.5) is 4.39 Å². The first-order valence-electron chi connectivity index (χ1n) is 10.7. The Morgan fingerprint density at radius 2 is 1.88 bits per heavy atom. The van der Waals surface area contributed by atoms with Gasteiger partial charge in [-0.15, -0.1) is 0 Å². The lowest BCUT2D eigenvalue weighted by Gasteiger charge is -2.09. The Morgan fingerprint density at radius 1 is 1.06 bits per heavy atom. The van der Waals surface area contributed by atoms with Crippen LogP contribution < -0.4 is 9.47 Å². The van der Waals surface area contributed by atoms with Crippen molar-refractivity contribution in [1.82, 2.24) is 24.5 Å². The molecule has 8 nitrogen and oxygen atoms in total. The summed E-state index contributed by atoms with van der Waals surface area (Å²) in [6, 6.07) is 9.28. The van der Waals surface area contributed by atoms with Crippen LogP contribution in [-0.2, 0) is 24.1 Å². The quantitative estimate of drug-likeness (QED) is 0.449. The molecule has 0 saturated heterocycles. The van der Waals surface area contributed by atoms with Crippen molar-refractivity contribution in [2.45, 2.75) is 19.4 Å². The number of methoxy groups -OCH3 is 2. The summed E-state index contributed by atoms with van der Waals surface area (Å²) in [4.78, 5) is 4.09. The van der Waals surface area contributed by atoms with Crippen molar-refractivity contribution in [3.63, 3.8) is 0 Å². The topological polar surface area (TPSA) is 76.2 Å². The van der Waals surface area contributed by atoms with Gasteiger partial charge in [0.2, 0.25) is 5.88 Å². The molecule has 170 valence electrons. The molecular formula is C24H24FN5O3. The Kier molecular flexibility index (Phi) is 5.78. The number of ether oxygens (including phenoxy) is 3. The lowest BCUT2D eigenvalue weighted by molar-refractivity contribution is 0.146. The highest BCUT2D eigenvalue weighted by Crippen LogP contribution is 2.32. The van der Waals surface area contributed by atoms with E-state index in [0.29, 0.717) is 31.9 Å². The van der Waals surface area contributed by atoms with Crippen molar-refractivity contribution in [2.24, 2.45) is 0 Å². The Balaban J connectivity index is 1.54. The van der Waals surface area contributed by atoms with Gasteiger partial charge in [0.05, 0.1) is 63.4 Å². The minimum absolute atomic E-state index is 0.0465. The zero-order chi connectivity index (χ0) is 22.8. The monoisotopic (exact) mass is 449 g/mol. The number of hydrogen-bond donors (Lipinski definition) is 0. The number of halogens is 1. The molecule has 1 aromatic carbocycles. The van der Waals surface area contributed by atoms with Crippen LogP contribution in [0.25, 0.3) is 16.9 Å². The summed E-state index contributed by atoms with van der Waals surface area (Å²) in [7, 11) is 3.04. The molecule has 0 atom stereocenters. The normalized spacial score (nSPS) is 13.4. The highest BCUT2D eigenvalue weighted by atomic mass is 19.1. The summed E-state index contributed by atoms with van der Waals surface area (Å²) >= 11 is 0. The molecule has 0 aliphatic carbocycles. The van der Waals surface area contributed by atoms with Gasteiger partial charge in [-0.05, 0) is 24.1 Å². The molecule has 3 aromatic heterocycles. The second kappa shape index (κ2) is 9.03. The first-order valence-corrected chi connectivity index (χ1v) is 10.7. The van der Waals surface area contributed by atoms with Gasteiger partial charge in [0.25, 0.3) is 0 Å². The molecule has 1 aliphatic rings. The van der Waals surface area contributed by atoms with E-state index in [1.807, 2.05) is 41.3 Å².